The van der Waals surface area contributed by atoms with Crippen molar-refractivity contribution >= 4 is 17.2 Å². The van der Waals surface area contributed by atoms with Crippen molar-refractivity contribution in [2.45, 2.75) is 20.0 Å². The van der Waals surface area contributed by atoms with Crippen molar-refractivity contribution < 1.29 is 18.0 Å². The highest BCUT2D eigenvalue weighted by Gasteiger charge is 2.44. The summed E-state index contributed by atoms with van der Waals surface area (Å²) in [6.45, 7) is 3.80. The van der Waals surface area contributed by atoms with Gasteiger partial charge in [-0.2, -0.15) is 13.2 Å². The molecule has 138 valence electrons. The predicted octanol–water partition coefficient (Wildman–Crippen LogP) is 5.67. The Morgan fingerprint density at radius 2 is 1.59 bits per heavy atom. The first kappa shape index (κ1) is 18.8. The Hall–Kier alpha value is -2.95. The lowest BCUT2D eigenvalue weighted by Crippen LogP contribution is -2.29. The van der Waals surface area contributed by atoms with Crippen molar-refractivity contribution in [3.05, 3.63) is 89.0 Å². The Balaban J connectivity index is 2.15. The fraction of sp³-hybridized carbons (Fsp3) is 0.182. The first-order valence-electron chi connectivity index (χ1n) is 8.49. The maximum absolute atomic E-state index is 13.0. The average Bonchev–Trinajstić information content (AvgIpc) is 3.10. The van der Waals surface area contributed by atoms with E-state index in [2.05, 4.69) is 0 Å². The molecular formula is C22H18F3NO. The molecule has 0 saturated heterocycles. The summed E-state index contributed by atoms with van der Waals surface area (Å²) in [5, 5.41) is 0. The highest BCUT2D eigenvalue weighted by atomic mass is 19.4. The number of carbonyl (C=O) groups excluding carboxylic acids is 1. The topological polar surface area (TPSA) is 29.4 Å². The van der Waals surface area contributed by atoms with E-state index >= 15 is 0 Å². The molecule has 0 aliphatic heterocycles. The Bertz CT molecular complexity index is 933. The van der Waals surface area contributed by atoms with Crippen molar-refractivity contribution in [1.29, 1.82) is 0 Å². The number of aryl methyl sites for hydroxylation is 2. The second kappa shape index (κ2) is 7.35. The highest BCUT2D eigenvalue weighted by Crippen LogP contribution is 2.33. The zero-order valence-electron chi connectivity index (χ0n) is 14.9. The van der Waals surface area contributed by atoms with Gasteiger partial charge in [0.15, 0.2) is 0 Å². The number of ketones is 1. The molecule has 0 bridgehead atoms. The molecule has 0 fully saturated rings. The summed E-state index contributed by atoms with van der Waals surface area (Å²) in [7, 11) is 0. The van der Waals surface area contributed by atoms with Crippen molar-refractivity contribution in [2.75, 3.05) is 0 Å². The molecule has 0 amide bonds. The van der Waals surface area contributed by atoms with Gasteiger partial charge >= 0.3 is 6.18 Å². The summed E-state index contributed by atoms with van der Waals surface area (Å²) in [6, 6.07) is 14.7. The summed E-state index contributed by atoms with van der Waals surface area (Å²) in [4.78, 5) is 16.6. The summed E-state index contributed by atoms with van der Waals surface area (Å²) in [5.74, 6) is -2.68. The predicted molar refractivity (Wildman–Crippen MR) is 100 cm³/mol. The lowest BCUT2D eigenvalue weighted by Gasteiger charge is -2.18. The number of allylic oxidation sites excluding steroid dienone is 4. The first-order chi connectivity index (χ1) is 12.8. The number of rotatable bonds is 4. The third-order valence-corrected chi connectivity index (χ3v) is 4.47. The third-order valence-electron chi connectivity index (χ3n) is 4.47. The average molecular weight is 369 g/mol. The van der Waals surface area contributed by atoms with Crippen LogP contribution in [0.3, 0.4) is 0 Å². The number of carbonyl (C=O) groups is 1. The van der Waals surface area contributed by atoms with Gasteiger partial charge in [-0.25, -0.2) is 0 Å². The molecule has 0 aromatic heterocycles. The Morgan fingerprint density at radius 3 is 2.19 bits per heavy atom. The van der Waals surface area contributed by atoms with Crippen LogP contribution in [0, 0.1) is 19.8 Å². The molecule has 0 N–H and O–H groups in total. The number of hydrogen-bond acceptors (Lipinski definition) is 2. The molecule has 1 aliphatic rings. The number of alkyl halides is 3. The SMILES string of the molecule is Cc1cccc(C)c1N=C(c1ccccc1)C1C=CC=C1C(=O)C(F)(F)F. The van der Waals surface area contributed by atoms with Crippen LogP contribution < -0.4 is 0 Å². The lowest BCUT2D eigenvalue weighted by atomic mass is 9.89. The van der Waals surface area contributed by atoms with Gasteiger partial charge in [0, 0.05) is 11.5 Å². The minimum absolute atomic E-state index is 0.309. The minimum atomic E-state index is -4.92. The normalized spacial score (nSPS) is 17.1. The zero-order chi connectivity index (χ0) is 19.6. The van der Waals surface area contributed by atoms with Crippen LogP contribution in [0.5, 0.6) is 0 Å². The second-order valence-corrected chi connectivity index (χ2v) is 6.41. The van der Waals surface area contributed by atoms with E-state index in [1.54, 1.807) is 30.3 Å². The van der Waals surface area contributed by atoms with Crippen molar-refractivity contribution in [3.8, 4) is 0 Å². The van der Waals surface area contributed by atoms with Gasteiger partial charge in [0.1, 0.15) is 0 Å². The van der Waals surface area contributed by atoms with Gasteiger partial charge in [0.25, 0.3) is 5.78 Å². The van der Waals surface area contributed by atoms with E-state index in [9.17, 15) is 18.0 Å². The highest BCUT2D eigenvalue weighted by molar-refractivity contribution is 6.14. The van der Waals surface area contributed by atoms with Crippen LogP contribution in [0.4, 0.5) is 18.9 Å². The van der Waals surface area contributed by atoms with E-state index in [1.807, 2.05) is 38.1 Å². The second-order valence-electron chi connectivity index (χ2n) is 6.41. The molecule has 1 unspecified atom stereocenters. The molecule has 1 aliphatic carbocycles. The number of benzene rings is 2. The number of aliphatic imine (C=N–C) groups is 1. The minimum Gasteiger partial charge on any atom is -0.284 e. The van der Waals surface area contributed by atoms with E-state index < -0.39 is 17.9 Å². The first-order valence-corrected chi connectivity index (χ1v) is 8.49. The molecule has 0 saturated carbocycles. The summed E-state index contributed by atoms with van der Waals surface area (Å²) in [5.41, 5.74) is 3.33. The molecule has 0 radical (unpaired) electrons. The van der Waals surface area contributed by atoms with Crippen LogP contribution in [0.15, 0.2) is 77.3 Å². The molecule has 0 heterocycles. The van der Waals surface area contributed by atoms with Crippen molar-refractivity contribution in [1.82, 2.24) is 0 Å². The fourth-order valence-electron chi connectivity index (χ4n) is 3.12. The van der Waals surface area contributed by atoms with Crippen LogP contribution in [0.25, 0.3) is 0 Å². The van der Waals surface area contributed by atoms with E-state index in [4.69, 9.17) is 4.99 Å². The Morgan fingerprint density at radius 1 is 0.963 bits per heavy atom. The van der Waals surface area contributed by atoms with Gasteiger partial charge in [-0.1, -0.05) is 66.8 Å². The van der Waals surface area contributed by atoms with E-state index in [0.29, 0.717) is 17.0 Å². The van der Waals surface area contributed by atoms with Gasteiger partial charge in [-0.05, 0) is 30.5 Å². The fourth-order valence-corrected chi connectivity index (χ4v) is 3.12. The van der Waals surface area contributed by atoms with Crippen LogP contribution in [0.1, 0.15) is 16.7 Å². The molecule has 27 heavy (non-hydrogen) atoms. The van der Waals surface area contributed by atoms with E-state index in [-0.39, 0.29) is 5.57 Å². The largest absolute Gasteiger partial charge is 0.454 e. The van der Waals surface area contributed by atoms with Crippen LogP contribution >= 0.6 is 0 Å². The van der Waals surface area contributed by atoms with Crippen molar-refractivity contribution in [3.63, 3.8) is 0 Å². The molecule has 2 aromatic rings. The Kier molecular flexibility index (Phi) is 5.13. The van der Waals surface area contributed by atoms with E-state index in [0.717, 1.165) is 11.1 Å². The maximum Gasteiger partial charge on any atom is 0.454 e. The number of nitrogens with zero attached hydrogens (tertiary/aromatic N) is 1. The summed E-state index contributed by atoms with van der Waals surface area (Å²) < 4.78 is 39.1. The molecule has 3 rings (SSSR count). The Labute approximate surface area is 155 Å². The van der Waals surface area contributed by atoms with Crippen LogP contribution in [-0.2, 0) is 4.79 Å². The number of Topliss-reactive ketones (excluding diaryl/α,β-unsaturated/α-hetero) is 1. The molecular weight excluding hydrogens is 351 g/mol. The van der Waals surface area contributed by atoms with Crippen LogP contribution in [0.2, 0.25) is 0 Å². The van der Waals surface area contributed by atoms with Gasteiger partial charge in [-0.15, -0.1) is 0 Å². The van der Waals surface area contributed by atoms with Crippen molar-refractivity contribution in [2.24, 2.45) is 10.9 Å². The van der Waals surface area contributed by atoms with Gasteiger partial charge in [0.05, 0.1) is 11.4 Å². The van der Waals surface area contributed by atoms with Gasteiger partial charge < -0.3 is 0 Å². The summed E-state index contributed by atoms with van der Waals surface area (Å²) >= 11 is 0. The maximum atomic E-state index is 13.0. The zero-order valence-corrected chi connectivity index (χ0v) is 14.9. The molecule has 1 atom stereocenters. The quantitative estimate of drug-likeness (QED) is 0.639. The number of hydrogen-bond donors (Lipinski definition) is 0. The molecule has 2 nitrogen and oxygen atoms in total. The smallest absolute Gasteiger partial charge is 0.284 e. The molecule has 0 spiro atoms. The standard InChI is InChI=1S/C22H18F3NO/c1-14-8-6-9-15(2)19(14)26-20(16-10-4-3-5-11-16)17-12-7-13-18(17)21(27)22(23,24)25/h3-13,17H,1-2H3. The molecule has 5 heteroatoms. The van der Waals surface area contributed by atoms with Gasteiger partial charge in [-0.3, -0.25) is 9.79 Å². The monoisotopic (exact) mass is 369 g/mol. The summed E-state index contributed by atoms with van der Waals surface area (Å²) in [6.07, 6.45) is -0.634. The number of halogens is 3. The van der Waals surface area contributed by atoms with Crippen LogP contribution in [-0.4, -0.2) is 17.7 Å². The lowest BCUT2D eigenvalue weighted by molar-refractivity contribution is -0.166. The van der Waals surface area contributed by atoms with Gasteiger partial charge in [0.2, 0.25) is 0 Å². The van der Waals surface area contributed by atoms with E-state index in [1.165, 1.54) is 12.2 Å². The molecule has 2 aromatic carbocycles. The number of para-hydroxylation sites is 1. The third kappa shape index (κ3) is 3.92.